The van der Waals surface area contributed by atoms with Crippen LogP contribution in [0.4, 0.5) is 37.2 Å². The molecule has 0 spiro atoms. The molecule has 0 radical (unpaired) electrons. The molecule has 9 nitrogen and oxygen atoms in total. The van der Waals surface area contributed by atoms with Crippen molar-refractivity contribution in [2.45, 2.75) is 69.0 Å². The molecule has 5 aromatic rings. The van der Waals surface area contributed by atoms with E-state index in [0.717, 1.165) is 48.8 Å². The Bertz CT molecular complexity index is 2290. The van der Waals surface area contributed by atoms with E-state index in [0.29, 0.717) is 43.3 Å². The summed E-state index contributed by atoms with van der Waals surface area (Å²) in [5.74, 6) is -1.70. The molecule has 9 rings (SSSR count). The van der Waals surface area contributed by atoms with Crippen molar-refractivity contribution in [1.82, 2.24) is 24.6 Å². The Morgan fingerprint density at radius 1 is 1.12 bits per heavy atom. The number of nitrogen functional groups attached to an aromatic ring is 1. The number of rotatable bonds is 6. The zero-order valence-electron chi connectivity index (χ0n) is 27.0. The summed E-state index contributed by atoms with van der Waals surface area (Å²) in [4.78, 5) is 12.8. The molecule has 0 amide bonds. The number of ether oxygens (including phenoxy) is 1. The van der Waals surface area contributed by atoms with Crippen LogP contribution in [0.2, 0.25) is 0 Å². The number of anilines is 2. The average Bonchev–Trinajstić information content (AvgIpc) is 3.43. The minimum atomic E-state index is -5.08. The van der Waals surface area contributed by atoms with Gasteiger partial charge in [-0.3, -0.25) is 9.58 Å². The van der Waals surface area contributed by atoms with Crippen LogP contribution in [-0.2, 0) is 19.3 Å². The van der Waals surface area contributed by atoms with E-state index in [9.17, 15) is 14.0 Å². The zero-order chi connectivity index (χ0) is 35.4. The van der Waals surface area contributed by atoms with Crippen molar-refractivity contribution < 1.29 is 31.1 Å². The molecule has 2 atom stereocenters. The van der Waals surface area contributed by atoms with Crippen molar-refractivity contribution >= 4 is 43.1 Å². The van der Waals surface area contributed by atoms with Crippen LogP contribution < -0.4 is 15.4 Å². The van der Waals surface area contributed by atoms with Gasteiger partial charge in [0.15, 0.2) is 5.82 Å². The Kier molecular flexibility index (Phi) is 7.25. The van der Waals surface area contributed by atoms with Crippen LogP contribution in [-0.4, -0.2) is 62.6 Å². The first kappa shape index (κ1) is 32.3. The molecule has 1 saturated carbocycles. The van der Waals surface area contributed by atoms with Gasteiger partial charge in [0, 0.05) is 41.8 Å². The van der Waals surface area contributed by atoms with Crippen LogP contribution in [0.25, 0.3) is 32.1 Å². The predicted molar refractivity (Wildman–Crippen MR) is 178 cm³/mol. The minimum Gasteiger partial charge on any atom is -0.461 e. The SMILES string of the molecule is N#Cc1c(N)sc2c(F)ccc(-c3c(C(F)(F)F)cc4c(N5CCn6nc(C7CC7)cc6C5)nc(OCC56CCCN5CC(F)C6)nc4c3F)c12. The second kappa shape index (κ2) is 11.4. The maximum Gasteiger partial charge on any atom is 0.417 e. The third kappa shape index (κ3) is 5.18. The lowest BCUT2D eigenvalue weighted by Gasteiger charge is -2.32. The lowest BCUT2D eigenvalue weighted by Crippen LogP contribution is -2.43. The first-order valence-electron chi connectivity index (χ1n) is 16.8. The lowest BCUT2D eigenvalue weighted by molar-refractivity contribution is -0.137. The van der Waals surface area contributed by atoms with Crippen molar-refractivity contribution in [1.29, 1.82) is 5.26 Å². The van der Waals surface area contributed by atoms with Crippen LogP contribution in [0.1, 0.15) is 60.5 Å². The third-order valence-corrected chi connectivity index (χ3v) is 11.8. The first-order chi connectivity index (χ1) is 24.4. The molecule has 0 bridgehead atoms. The molecular formula is C35H30F6N8OS. The van der Waals surface area contributed by atoms with Crippen molar-refractivity contribution in [3.63, 3.8) is 0 Å². The largest absolute Gasteiger partial charge is 0.461 e. The average molecular weight is 725 g/mol. The summed E-state index contributed by atoms with van der Waals surface area (Å²) in [6.07, 6.45) is -2.21. The van der Waals surface area contributed by atoms with Gasteiger partial charge in [0.2, 0.25) is 0 Å². The maximum atomic E-state index is 17.1. The molecule has 2 saturated heterocycles. The number of hydrogen-bond acceptors (Lipinski definition) is 9. The summed E-state index contributed by atoms with van der Waals surface area (Å²) >= 11 is 0.699. The van der Waals surface area contributed by atoms with Gasteiger partial charge in [-0.1, -0.05) is 6.07 Å². The van der Waals surface area contributed by atoms with Gasteiger partial charge in [-0.2, -0.15) is 33.5 Å². The van der Waals surface area contributed by atoms with E-state index in [1.807, 2.05) is 21.7 Å². The van der Waals surface area contributed by atoms with Crippen LogP contribution in [0.15, 0.2) is 24.3 Å². The monoisotopic (exact) mass is 724 g/mol. The van der Waals surface area contributed by atoms with Crippen molar-refractivity contribution in [3.05, 3.63) is 58.4 Å². The summed E-state index contributed by atoms with van der Waals surface area (Å²) in [6.45, 7) is 1.99. The van der Waals surface area contributed by atoms with E-state index in [2.05, 4.69) is 9.97 Å². The summed E-state index contributed by atoms with van der Waals surface area (Å²) in [5.41, 5.74) is 3.93. The van der Waals surface area contributed by atoms with Gasteiger partial charge in [0.25, 0.3) is 0 Å². The minimum absolute atomic E-state index is 0.0172. The molecule has 51 heavy (non-hydrogen) atoms. The summed E-state index contributed by atoms with van der Waals surface area (Å²) in [5, 5.41) is 14.1. The van der Waals surface area contributed by atoms with Crippen molar-refractivity contribution in [2.75, 3.05) is 36.9 Å². The Hall–Kier alpha value is -4.62. The lowest BCUT2D eigenvalue weighted by atomic mass is 9.92. The number of hydrogen-bond donors (Lipinski definition) is 1. The van der Waals surface area contributed by atoms with E-state index in [1.165, 1.54) is 0 Å². The Balaban J connectivity index is 1.24. The van der Waals surface area contributed by atoms with Gasteiger partial charge in [0.1, 0.15) is 41.0 Å². The molecule has 264 valence electrons. The quantitative estimate of drug-likeness (QED) is 0.182. The summed E-state index contributed by atoms with van der Waals surface area (Å²) in [7, 11) is 0. The predicted octanol–water partition coefficient (Wildman–Crippen LogP) is 7.31. The Labute approximate surface area is 291 Å². The third-order valence-electron chi connectivity index (χ3n) is 10.7. The van der Waals surface area contributed by atoms with Crippen molar-refractivity contribution in [2.24, 2.45) is 0 Å². The topological polar surface area (TPSA) is 109 Å². The molecule has 2 unspecified atom stereocenters. The van der Waals surface area contributed by atoms with E-state index < -0.39 is 46.2 Å². The van der Waals surface area contributed by atoms with Gasteiger partial charge >= 0.3 is 12.2 Å². The number of nitrogens with two attached hydrogens (primary N) is 1. The van der Waals surface area contributed by atoms with Gasteiger partial charge < -0.3 is 15.4 Å². The van der Waals surface area contributed by atoms with Gasteiger partial charge in [-0.15, -0.1) is 11.3 Å². The number of aromatic nitrogens is 4. The highest BCUT2D eigenvalue weighted by Crippen LogP contribution is 2.49. The van der Waals surface area contributed by atoms with E-state index in [-0.39, 0.29) is 69.5 Å². The highest BCUT2D eigenvalue weighted by Gasteiger charge is 2.49. The highest BCUT2D eigenvalue weighted by atomic mass is 32.1. The fourth-order valence-electron chi connectivity index (χ4n) is 8.19. The standard InChI is InChI=1S/C35H30F6N8OS/c36-18-12-34(6-1-7-48(34)14-18)16-50-33-44-29-21(32(45-33)47-8-9-49-19(15-47)10-25(46-49)17-2-3-17)11-23(35(39,40)41)27(28(29)38)20-4-5-24(37)30-26(20)22(13-42)31(43)51-30/h4-5,10-11,17-18H,1-3,6-9,12,14-16,43H2. The van der Waals surface area contributed by atoms with Gasteiger partial charge in [-0.05, 0) is 56.0 Å². The zero-order valence-corrected chi connectivity index (χ0v) is 27.9. The van der Waals surface area contributed by atoms with Gasteiger partial charge in [0.05, 0.1) is 45.8 Å². The summed E-state index contributed by atoms with van der Waals surface area (Å²) in [6, 6.07) is 6.34. The normalized spacial score (nSPS) is 22.1. The van der Waals surface area contributed by atoms with E-state index in [1.54, 1.807) is 4.90 Å². The fourth-order valence-corrected chi connectivity index (χ4v) is 9.14. The highest BCUT2D eigenvalue weighted by molar-refractivity contribution is 7.23. The van der Waals surface area contributed by atoms with Crippen LogP contribution >= 0.6 is 11.3 Å². The first-order valence-corrected chi connectivity index (χ1v) is 17.6. The summed E-state index contributed by atoms with van der Waals surface area (Å²) < 4.78 is 99.6. The number of fused-ring (bicyclic) bond motifs is 4. The number of benzene rings is 2. The molecule has 1 aliphatic carbocycles. The molecular weight excluding hydrogens is 694 g/mol. The van der Waals surface area contributed by atoms with Crippen LogP contribution in [0, 0.1) is 23.0 Å². The molecule has 2 N–H and O–H groups in total. The second-order valence-corrected chi connectivity index (χ2v) is 15.0. The molecule has 3 fully saturated rings. The van der Waals surface area contributed by atoms with Crippen molar-refractivity contribution in [3.8, 4) is 23.2 Å². The number of nitriles is 1. The number of halogens is 6. The van der Waals surface area contributed by atoms with Crippen LogP contribution in [0.5, 0.6) is 6.01 Å². The number of thiophene rings is 1. The molecule has 4 aliphatic rings. The van der Waals surface area contributed by atoms with Gasteiger partial charge in [-0.25, -0.2) is 13.2 Å². The van der Waals surface area contributed by atoms with Crippen LogP contribution in [0.3, 0.4) is 0 Å². The van der Waals surface area contributed by atoms with E-state index >= 15 is 17.6 Å². The number of alkyl halides is 4. The Morgan fingerprint density at radius 3 is 2.71 bits per heavy atom. The second-order valence-electron chi connectivity index (χ2n) is 13.9. The Morgan fingerprint density at radius 2 is 1.94 bits per heavy atom. The smallest absolute Gasteiger partial charge is 0.417 e. The molecule has 2 aromatic carbocycles. The molecule has 3 aliphatic heterocycles. The molecule has 6 heterocycles. The molecule has 16 heteroatoms. The maximum absolute atomic E-state index is 17.1. The number of nitrogens with zero attached hydrogens (tertiary/aromatic N) is 7. The fraction of sp³-hybridized carbons (Fsp3) is 0.429. The van der Waals surface area contributed by atoms with E-state index in [4.69, 9.17) is 15.6 Å². The molecule has 3 aromatic heterocycles.